The zero-order chi connectivity index (χ0) is 22.5. The molecule has 6 nitrogen and oxygen atoms in total. The van der Waals surface area contributed by atoms with Crippen LogP contribution in [0.15, 0.2) is 54.9 Å². The van der Waals surface area contributed by atoms with Gasteiger partial charge in [0.15, 0.2) is 0 Å². The normalized spacial score (nSPS) is 16.5. The number of benzene rings is 1. The maximum Gasteiger partial charge on any atom is 0.140 e. The fraction of sp³-hybridized carbons (Fsp3) is 0.407. The van der Waals surface area contributed by atoms with Gasteiger partial charge in [-0.3, -0.25) is 4.40 Å². The molecule has 1 aromatic carbocycles. The van der Waals surface area contributed by atoms with Gasteiger partial charge in [0, 0.05) is 24.8 Å². The maximum atomic E-state index is 5.73. The van der Waals surface area contributed by atoms with Crippen LogP contribution in [-0.4, -0.2) is 47.8 Å². The van der Waals surface area contributed by atoms with Crippen LogP contribution >= 0.6 is 0 Å². The lowest BCUT2D eigenvalue weighted by Crippen LogP contribution is -2.29. The molecule has 1 saturated heterocycles. The van der Waals surface area contributed by atoms with Crippen LogP contribution in [0.2, 0.25) is 0 Å². The van der Waals surface area contributed by atoms with Crippen LogP contribution in [0.25, 0.3) is 27.9 Å². The van der Waals surface area contributed by atoms with Gasteiger partial charge in [-0.1, -0.05) is 24.3 Å². The second-order valence-corrected chi connectivity index (χ2v) is 8.87. The third kappa shape index (κ3) is 5.02. The van der Waals surface area contributed by atoms with Gasteiger partial charge in [-0.25, -0.2) is 9.97 Å². The first-order valence-corrected chi connectivity index (χ1v) is 12.0. The van der Waals surface area contributed by atoms with Gasteiger partial charge >= 0.3 is 0 Å². The number of nitrogens with one attached hydrogen (secondary N) is 1. The van der Waals surface area contributed by atoms with E-state index in [1.807, 2.05) is 24.5 Å². The molecule has 0 amide bonds. The van der Waals surface area contributed by atoms with Crippen LogP contribution in [0.5, 0.6) is 5.75 Å². The first kappa shape index (κ1) is 21.9. The predicted octanol–water partition coefficient (Wildman–Crippen LogP) is 4.90. The van der Waals surface area contributed by atoms with E-state index >= 15 is 0 Å². The Kier molecular flexibility index (Phi) is 6.84. The molecule has 1 fully saturated rings. The molecular weight excluding hydrogens is 412 g/mol. The number of piperidine rings is 1. The van der Waals surface area contributed by atoms with Crippen LogP contribution in [0, 0.1) is 5.92 Å². The van der Waals surface area contributed by atoms with E-state index in [9.17, 15) is 0 Å². The lowest BCUT2D eigenvalue weighted by molar-refractivity contribution is 0.146. The lowest BCUT2D eigenvalue weighted by atomic mass is 9.92. The van der Waals surface area contributed by atoms with Gasteiger partial charge in [0.25, 0.3) is 0 Å². The van der Waals surface area contributed by atoms with Crippen molar-refractivity contribution in [3.8, 4) is 17.1 Å². The third-order valence-corrected chi connectivity index (χ3v) is 6.56. The Balaban J connectivity index is 1.37. The summed E-state index contributed by atoms with van der Waals surface area (Å²) < 4.78 is 12.8. The fourth-order valence-corrected chi connectivity index (χ4v) is 4.79. The van der Waals surface area contributed by atoms with Crippen molar-refractivity contribution in [3.63, 3.8) is 0 Å². The number of rotatable bonds is 9. The quantitative estimate of drug-likeness (QED) is 0.372. The Morgan fingerprint density at radius 1 is 1.15 bits per heavy atom. The number of hydrogen-bond acceptors (Lipinski definition) is 5. The standard InChI is InChI=1S/C27H32N4O2/c1-32-15-16-33-23-12-14-31-25(19-29-26(31)17-23)24-11-10-22-9-3-8-21(27(22)30-24)7-2-5-20-6-4-13-28-18-20/h3,8-12,14,17,19-20,28H,2,4-7,13,15-16,18H2,1H3. The molecule has 1 N–H and O–H groups in total. The molecule has 0 radical (unpaired) electrons. The number of para-hydroxylation sites is 1. The van der Waals surface area contributed by atoms with Crippen molar-refractivity contribution in [2.75, 3.05) is 33.4 Å². The van der Waals surface area contributed by atoms with E-state index in [0.29, 0.717) is 13.2 Å². The van der Waals surface area contributed by atoms with Gasteiger partial charge < -0.3 is 14.8 Å². The molecule has 1 atom stereocenters. The van der Waals surface area contributed by atoms with Crippen molar-refractivity contribution >= 4 is 16.6 Å². The Hall–Kier alpha value is -2.96. The summed E-state index contributed by atoms with van der Waals surface area (Å²) in [5.41, 5.74) is 5.20. The minimum Gasteiger partial charge on any atom is -0.491 e. The van der Waals surface area contributed by atoms with Crippen LogP contribution in [0.4, 0.5) is 0 Å². The summed E-state index contributed by atoms with van der Waals surface area (Å²) in [7, 11) is 1.67. The highest BCUT2D eigenvalue weighted by Crippen LogP contribution is 2.27. The number of ether oxygens (including phenoxy) is 2. The third-order valence-electron chi connectivity index (χ3n) is 6.56. The minimum atomic E-state index is 0.520. The molecule has 0 spiro atoms. The van der Waals surface area contributed by atoms with Crippen molar-refractivity contribution in [3.05, 3.63) is 60.4 Å². The number of imidazole rings is 1. The summed E-state index contributed by atoms with van der Waals surface area (Å²) in [5.74, 6) is 1.61. The number of nitrogens with zero attached hydrogens (tertiary/aromatic N) is 3. The average molecular weight is 445 g/mol. The summed E-state index contributed by atoms with van der Waals surface area (Å²) in [6.07, 6.45) is 10.1. The van der Waals surface area contributed by atoms with Gasteiger partial charge in [0.1, 0.15) is 18.0 Å². The number of aromatic nitrogens is 3. The van der Waals surface area contributed by atoms with Crippen LogP contribution < -0.4 is 10.1 Å². The highest BCUT2D eigenvalue weighted by atomic mass is 16.5. The molecule has 0 aliphatic carbocycles. The van der Waals surface area contributed by atoms with Crippen molar-refractivity contribution in [2.45, 2.75) is 32.1 Å². The first-order chi connectivity index (χ1) is 16.3. The van der Waals surface area contributed by atoms with Crippen molar-refractivity contribution in [2.24, 2.45) is 5.92 Å². The monoisotopic (exact) mass is 444 g/mol. The van der Waals surface area contributed by atoms with Gasteiger partial charge in [-0.2, -0.15) is 0 Å². The zero-order valence-electron chi connectivity index (χ0n) is 19.3. The van der Waals surface area contributed by atoms with Crippen molar-refractivity contribution in [1.82, 2.24) is 19.7 Å². The summed E-state index contributed by atoms with van der Waals surface area (Å²) in [5, 5.41) is 4.73. The zero-order valence-corrected chi connectivity index (χ0v) is 19.3. The lowest BCUT2D eigenvalue weighted by Gasteiger charge is -2.22. The minimum absolute atomic E-state index is 0.520. The number of aryl methyl sites for hydroxylation is 1. The van der Waals surface area contributed by atoms with Gasteiger partial charge in [-0.15, -0.1) is 0 Å². The molecule has 0 saturated carbocycles. The molecule has 1 unspecified atom stereocenters. The summed E-state index contributed by atoms with van der Waals surface area (Å²) in [6, 6.07) is 14.7. The second-order valence-electron chi connectivity index (χ2n) is 8.87. The second kappa shape index (κ2) is 10.3. The average Bonchev–Trinajstić information content (AvgIpc) is 3.28. The highest BCUT2D eigenvalue weighted by molar-refractivity contribution is 5.84. The highest BCUT2D eigenvalue weighted by Gasteiger charge is 2.14. The summed E-state index contributed by atoms with van der Waals surface area (Å²) >= 11 is 0. The molecule has 4 heterocycles. The molecule has 4 aromatic rings. The number of hydrogen-bond donors (Lipinski definition) is 1. The number of fused-ring (bicyclic) bond motifs is 2. The Morgan fingerprint density at radius 2 is 2.12 bits per heavy atom. The predicted molar refractivity (Wildman–Crippen MR) is 132 cm³/mol. The molecule has 6 heteroatoms. The molecule has 1 aliphatic rings. The smallest absolute Gasteiger partial charge is 0.140 e. The number of methoxy groups -OCH3 is 1. The fourth-order valence-electron chi connectivity index (χ4n) is 4.79. The topological polar surface area (TPSA) is 60.7 Å². The van der Waals surface area contributed by atoms with E-state index in [4.69, 9.17) is 14.5 Å². The summed E-state index contributed by atoms with van der Waals surface area (Å²) in [6.45, 7) is 3.43. The van der Waals surface area contributed by atoms with E-state index in [2.05, 4.69) is 45.0 Å². The Morgan fingerprint density at radius 3 is 3.00 bits per heavy atom. The van der Waals surface area contributed by atoms with Gasteiger partial charge in [0.2, 0.25) is 0 Å². The Labute approximate surface area is 195 Å². The summed E-state index contributed by atoms with van der Waals surface area (Å²) in [4.78, 5) is 9.69. The SMILES string of the molecule is COCCOc1ccn2c(-c3ccc4cccc(CCCC5CCCNC5)c4n3)cnc2c1. The molecule has 3 aromatic heterocycles. The van der Waals surface area contributed by atoms with E-state index in [1.54, 1.807) is 7.11 Å². The van der Waals surface area contributed by atoms with Crippen LogP contribution in [0.1, 0.15) is 31.2 Å². The maximum absolute atomic E-state index is 5.73. The molecule has 5 rings (SSSR count). The molecule has 33 heavy (non-hydrogen) atoms. The molecule has 172 valence electrons. The largest absolute Gasteiger partial charge is 0.491 e. The van der Waals surface area contributed by atoms with E-state index < -0.39 is 0 Å². The van der Waals surface area contributed by atoms with Crippen LogP contribution in [0.3, 0.4) is 0 Å². The van der Waals surface area contributed by atoms with Crippen LogP contribution in [-0.2, 0) is 11.2 Å². The Bertz CT molecular complexity index is 1210. The van der Waals surface area contributed by atoms with E-state index in [0.717, 1.165) is 40.6 Å². The van der Waals surface area contributed by atoms with Crippen molar-refractivity contribution in [1.29, 1.82) is 0 Å². The van der Waals surface area contributed by atoms with Gasteiger partial charge in [0.05, 0.1) is 29.7 Å². The molecular formula is C27H32N4O2. The molecule has 1 aliphatic heterocycles. The molecule has 0 bridgehead atoms. The van der Waals surface area contributed by atoms with E-state index in [1.165, 1.54) is 49.7 Å². The first-order valence-electron chi connectivity index (χ1n) is 12.0. The number of pyridine rings is 2. The van der Waals surface area contributed by atoms with E-state index in [-0.39, 0.29) is 0 Å². The van der Waals surface area contributed by atoms with Gasteiger partial charge in [-0.05, 0) is 68.8 Å². The van der Waals surface area contributed by atoms with Crippen molar-refractivity contribution < 1.29 is 9.47 Å².